The number of carbonyl (C=O) groups excluding carboxylic acids is 3. The number of nitrogens with one attached hydrogen (secondary N) is 2. The Labute approximate surface area is 152 Å². The molecule has 0 aliphatic carbocycles. The van der Waals surface area contributed by atoms with Crippen molar-refractivity contribution in [1.82, 2.24) is 10.2 Å². The lowest BCUT2D eigenvalue weighted by molar-refractivity contribution is -0.133. The normalized spacial score (nSPS) is 19.4. The molecule has 6 nitrogen and oxygen atoms in total. The summed E-state index contributed by atoms with van der Waals surface area (Å²) in [6, 6.07) is 16.8. The molecule has 1 aliphatic rings. The minimum Gasteiger partial charge on any atom is -0.325 e. The van der Waals surface area contributed by atoms with Gasteiger partial charge >= 0.3 is 6.03 Å². The number of nitrogens with zero attached hydrogens (tertiary/aromatic N) is 1. The number of rotatable bonds is 5. The molecule has 1 atom stereocenters. The molecule has 2 aromatic rings. The fraction of sp³-hybridized carbons (Fsp3) is 0.250. The number of benzene rings is 2. The van der Waals surface area contributed by atoms with Crippen LogP contribution in [-0.2, 0) is 9.59 Å². The second-order valence-corrected chi connectivity index (χ2v) is 6.50. The summed E-state index contributed by atoms with van der Waals surface area (Å²) in [5.74, 6) is -0.791. The van der Waals surface area contributed by atoms with Crippen molar-refractivity contribution < 1.29 is 14.4 Å². The van der Waals surface area contributed by atoms with Crippen molar-refractivity contribution in [2.45, 2.75) is 25.8 Å². The van der Waals surface area contributed by atoms with Crippen LogP contribution in [-0.4, -0.2) is 34.8 Å². The van der Waals surface area contributed by atoms with Crippen LogP contribution in [0.2, 0.25) is 0 Å². The molecule has 1 fully saturated rings. The van der Waals surface area contributed by atoms with Crippen molar-refractivity contribution in [3.05, 3.63) is 54.6 Å². The molecule has 1 aliphatic heterocycles. The van der Waals surface area contributed by atoms with Gasteiger partial charge in [0.1, 0.15) is 12.1 Å². The van der Waals surface area contributed by atoms with E-state index in [1.165, 1.54) is 0 Å². The maximum absolute atomic E-state index is 12.3. The summed E-state index contributed by atoms with van der Waals surface area (Å²) in [5.41, 5.74) is 1.80. The van der Waals surface area contributed by atoms with E-state index < -0.39 is 17.5 Å². The minimum atomic E-state index is -0.936. The molecule has 1 heterocycles. The van der Waals surface area contributed by atoms with E-state index in [9.17, 15) is 14.4 Å². The average molecular weight is 351 g/mol. The molecule has 0 aromatic heterocycles. The lowest BCUT2D eigenvalue weighted by atomic mass is 9.99. The lowest BCUT2D eigenvalue weighted by Gasteiger charge is -2.19. The molecule has 0 radical (unpaired) electrons. The van der Waals surface area contributed by atoms with E-state index >= 15 is 0 Å². The van der Waals surface area contributed by atoms with Gasteiger partial charge in [-0.15, -0.1) is 0 Å². The molecule has 134 valence electrons. The standard InChI is InChI=1S/C20H21N3O3/c1-3-20(2)18(25)23(19(26)22-20)13-17(24)21-16-11-9-15(10-12-16)14-7-5-4-6-8-14/h4-12H,3,13H2,1-2H3,(H,21,24)(H,22,26). The summed E-state index contributed by atoms with van der Waals surface area (Å²) >= 11 is 0. The Balaban J connectivity index is 1.64. The van der Waals surface area contributed by atoms with E-state index in [0.717, 1.165) is 16.0 Å². The average Bonchev–Trinajstić information content (AvgIpc) is 2.87. The third-order valence-corrected chi connectivity index (χ3v) is 4.63. The summed E-state index contributed by atoms with van der Waals surface area (Å²) in [6.07, 6.45) is 0.469. The van der Waals surface area contributed by atoms with Crippen molar-refractivity contribution in [3.8, 4) is 11.1 Å². The van der Waals surface area contributed by atoms with Crippen LogP contribution in [0, 0.1) is 0 Å². The maximum atomic E-state index is 12.3. The van der Waals surface area contributed by atoms with Gasteiger partial charge in [-0.05, 0) is 36.6 Å². The Hall–Kier alpha value is -3.15. The maximum Gasteiger partial charge on any atom is 0.325 e. The van der Waals surface area contributed by atoms with Crippen molar-refractivity contribution in [2.75, 3.05) is 11.9 Å². The number of imide groups is 1. The van der Waals surface area contributed by atoms with Gasteiger partial charge in [0.25, 0.3) is 5.91 Å². The third kappa shape index (κ3) is 3.44. The fourth-order valence-electron chi connectivity index (χ4n) is 2.85. The van der Waals surface area contributed by atoms with E-state index in [4.69, 9.17) is 0 Å². The van der Waals surface area contributed by atoms with Gasteiger partial charge in [-0.2, -0.15) is 0 Å². The van der Waals surface area contributed by atoms with Gasteiger partial charge in [0.2, 0.25) is 5.91 Å². The first-order chi connectivity index (χ1) is 12.4. The molecular weight excluding hydrogens is 330 g/mol. The van der Waals surface area contributed by atoms with Crippen molar-refractivity contribution in [1.29, 1.82) is 0 Å². The van der Waals surface area contributed by atoms with Crippen LogP contribution in [0.15, 0.2) is 54.6 Å². The Morgan fingerprint density at radius 1 is 1.04 bits per heavy atom. The molecular formula is C20H21N3O3. The Morgan fingerprint density at radius 3 is 2.23 bits per heavy atom. The number of anilines is 1. The van der Waals surface area contributed by atoms with Crippen molar-refractivity contribution in [2.24, 2.45) is 0 Å². The molecule has 1 saturated heterocycles. The van der Waals surface area contributed by atoms with Gasteiger partial charge in [-0.3, -0.25) is 14.5 Å². The summed E-state index contributed by atoms with van der Waals surface area (Å²) in [7, 11) is 0. The second-order valence-electron chi connectivity index (χ2n) is 6.50. The van der Waals surface area contributed by atoms with Gasteiger partial charge < -0.3 is 10.6 Å². The van der Waals surface area contributed by atoms with Gasteiger partial charge in [0.05, 0.1) is 0 Å². The SMILES string of the molecule is CCC1(C)NC(=O)N(CC(=O)Nc2ccc(-c3ccccc3)cc2)C1=O. The zero-order valence-corrected chi connectivity index (χ0v) is 14.8. The minimum absolute atomic E-state index is 0.305. The predicted octanol–water partition coefficient (Wildman–Crippen LogP) is 3.01. The molecule has 4 amide bonds. The Kier molecular flexibility index (Phi) is 4.75. The van der Waals surface area contributed by atoms with Gasteiger partial charge in [0, 0.05) is 5.69 Å². The first-order valence-corrected chi connectivity index (χ1v) is 8.52. The van der Waals surface area contributed by atoms with E-state index in [1.54, 1.807) is 19.1 Å². The van der Waals surface area contributed by atoms with Crippen LogP contribution in [0.5, 0.6) is 0 Å². The fourth-order valence-corrected chi connectivity index (χ4v) is 2.85. The first kappa shape index (κ1) is 17.7. The number of amides is 4. The molecule has 6 heteroatoms. The van der Waals surface area contributed by atoms with Crippen LogP contribution >= 0.6 is 0 Å². The second kappa shape index (κ2) is 7.00. The zero-order chi connectivity index (χ0) is 18.7. The predicted molar refractivity (Wildman–Crippen MR) is 99.4 cm³/mol. The number of hydrogen-bond donors (Lipinski definition) is 2. The smallest absolute Gasteiger partial charge is 0.325 e. The first-order valence-electron chi connectivity index (χ1n) is 8.52. The number of urea groups is 1. The van der Waals surface area contributed by atoms with Crippen LogP contribution in [0.3, 0.4) is 0 Å². The Morgan fingerprint density at radius 2 is 1.65 bits per heavy atom. The molecule has 2 aromatic carbocycles. The lowest BCUT2D eigenvalue weighted by Crippen LogP contribution is -2.44. The summed E-state index contributed by atoms with van der Waals surface area (Å²) in [6.45, 7) is 3.17. The van der Waals surface area contributed by atoms with Crippen LogP contribution in [0.1, 0.15) is 20.3 Å². The molecule has 3 rings (SSSR count). The van der Waals surface area contributed by atoms with Crippen molar-refractivity contribution >= 4 is 23.5 Å². The van der Waals surface area contributed by atoms with E-state index in [0.29, 0.717) is 12.1 Å². The summed E-state index contributed by atoms with van der Waals surface area (Å²) in [4.78, 5) is 37.5. The third-order valence-electron chi connectivity index (χ3n) is 4.63. The van der Waals surface area contributed by atoms with E-state index in [2.05, 4.69) is 10.6 Å². The largest absolute Gasteiger partial charge is 0.325 e. The highest BCUT2D eigenvalue weighted by molar-refractivity contribution is 6.09. The van der Waals surface area contributed by atoms with Gasteiger partial charge in [-0.1, -0.05) is 49.4 Å². The summed E-state index contributed by atoms with van der Waals surface area (Å²) in [5, 5.41) is 5.35. The highest BCUT2D eigenvalue weighted by Gasteiger charge is 2.46. The summed E-state index contributed by atoms with van der Waals surface area (Å²) < 4.78 is 0. The Bertz CT molecular complexity index is 833. The van der Waals surface area contributed by atoms with Gasteiger partial charge in [0.15, 0.2) is 0 Å². The van der Waals surface area contributed by atoms with E-state index in [-0.39, 0.29) is 12.5 Å². The van der Waals surface area contributed by atoms with Gasteiger partial charge in [-0.25, -0.2) is 4.79 Å². The molecule has 2 N–H and O–H groups in total. The monoisotopic (exact) mass is 351 g/mol. The number of hydrogen-bond acceptors (Lipinski definition) is 3. The highest BCUT2D eigenvalue weighted by atomic mass is 16.2. The van der Waals surface area contributed by atoms with Crippen LogP contribution in [0.25, 0.3) is 11.1 Å². The highest BCUT2D eigenvalue weighted by Crippen LogP contribution is 2.22. The quantitative estimate of drug-likeness (QED) is 0.813. The molecule has 1 unspecified atom stereocenters. The molecule has 0 bridgehead atoms. The molecule has 26 heavy (non-hydrogen) atoms. The van der Waals surface area contributed by atoms with Crippen LogP contribution < -0.4 is 10.6 Å². The molecule has 0 spiro atoms. The zero-order valence-electron chi connectivity index (χ0n) is 14.8. The van der Waals surface area contributed by atoms with E-state index in [1.807, 2.05) is 49.4 Å². The number of carbonyl (C=O) groups is 3. The molecule has 0 saturated carbocycles. The van der Waals surface area contributed by atoms with Crippen molar-refractivity contribution in [3.63, 3.8) is 0 Å². The topological polar surface area (TPSA) is 78.5 Å². The van der Waals surface area contributed by atoms with Crippen LogP contribution in [0.4, 0.5) is 10.5 Å².